The molecule has 0 aliphatic carbocycles. The molecule has 0 atom stereocenters. The van der Waals surface area contributed by atoms with Crippen LogP contribution in [0.15, 0.2) is 47.5 Å². The van der Waals surface area contributed by atoms with Crippen molar-refractivity contribution in [3.8, 4) is 0 Å². The minimum atomic E-state index is -3.69. The van der Waals surface area contributed by atoms with Crippen molar-refractivity contribution in [3.05, 3.63) is 53.2 Å². The van der Waals surface area contributed by atoms with E-state index in [9.17, 15) is 8.42 Å². The average Bonchev–Trinajstić information content (AvgIpc) is 2.48. The van der Waals surface area contributed by atoms with Crippen LogP contribution < -0.4 is 10.0 Å². The van der Waals surface area contributed by atoms with Crippen molar-refractivity contribution in [1.82, 2.24) is 10.3 Å². The molecule has 0 aliphatic rings. The van der Waals surface area contributed by atoms with Gasteiger partial charge in [0.15, 0.2) is 5.82 Å². The predicted octanol–water partition coefficient (Wildman–Crippen LogP) is 2.30. The first-order chi connectivity index (χ1) is 10.0. The molecule has 0 radical (unpaired) electrons. The number of benzene rings is 1. The Kier molecular flexibility index (Phi) is 5.17. The Labute approximate surface area is 129 Å². The maximum Gasteiger partial charge on any atom is 0.263 e. The lowest BCUT2D eigenvalue weighted by Crippen LogP contribution is -2.14. The zero-order chi connectivity index (χ0) is 15.3. The summed E-state index contributed by atoms with van der Waals surface area (Å²) in [5.41, 5.74) is 1.07. The molecule has 2 rings (SSSR count). The number of rotatable bonds is 6. The number of pyridine rings is 1. The average molecular weight is 326 g/mol. The van der Waals surface area contributed by atoms with Crippen LogP contribution in [0.4, 0.5) is 5.82 Å². The standard InChI is InChI=1S/C14H16ClN3O2S/c1-16-10-8-11-4-6-12(7-5-11)21(19,20)18-14-13(15)3-2-9-17-14/h2-7,9,16H,8,10H2,1H3,(H,17,18). The first-order valence-corrected chi connectivity index (χ1v) is 8.26. The van der Waals surface area contributed by atoms with Gasteiger partial charge in [-0.3, -0.25) is 4.72 Å². The molecule has 0 bridgehead atoms. The highest BCUT2D eigenvalue weighted by atomic mass is 35.5. The number of nitrogens with one attached hydrogen (secondary N) is 2. The topological polar surface area (TPSA) is 71.1 Å². The number of halogens is 1. The number of aromatic nitrogens is 1. The van der Waals surface area contributed by atoms with E-state index in [1.165, 1.54) is 6.20 Å². The number of likely N-dealkylation sites (N-methyl/N-ethyl adjacent to an activating group) is 1. The van der Waals surface area contributed by atoms with Crippen molar-refractivity contribution in [2.24, 2.45) is 0 Å². The van der Waals surface area contributed by atoms with E-state index in [2.05, 4.69) is 15.0 Å². The van der Waals surface area contributed by atoms with Gasteiger partial charge in [0.05, 0.1) is 9.92 Å². The van der Waals surface area contributed by atoms with Crippen LogP contribution in [0.25, 0.3) is 0 Å². The van der Waals surface area contributed by atoms with Gasteiger partial charge in [-0.05, 0) is 49.8 Å². The predicted molar refractivity (Wildman–Crippen MR) is 84.1 cm³/mol. The highest BCUT2D eigenvalue weighted by molar-refractivity contribution is 7.92. The molecular formula is C14H16ClN3O2S. The van der Waals surface area contributed by atoms with Crippen LogP contribution >= 0.6 is 11.6 Å². The molecule has 1 aromatic carbocycles. The zero-order valence-electron chi connectivity index (χ0n) is 11.5. The summed E-state index contributed by atoms with van der Waals surface area (Å²) in [6.45, 7) is 0.841. The van der Waals surface area contributed by atoms with Gasteiger partial charge in [0.2, 0.25) is 0 Å². The lowest BCUT2D eigenvalue weighted by molar-refractivity contribution is 0.601. The number of hydrogen-bond donors (Lipinski definition) is 2. The first-order valence-electron chi connectivity index (χ1n) is 6.40. The summed E-state index contributed by atoms with van der Waals surface area (Å²) in [6, 6.07) is 9.95. The molecule has 5 nitrogen and oxygen atoms in total. The molecule has 0 amide bonds. The normalized spacial score (nSPS) is 11.3. The number of sulfonamides is 1. The fraction of sp³-hybridized carbons (Fsp3) is 0.214. The van der Waals surface area contributed by atoms with Crippen LogP contribution in [0.5, 0.6) is 0 Å². The summed E-state index contributed by atoms with van der Waals surface area (Å²) in [7, 11) is -1.81. The third-order valence-corrected chi connectivity index (χ3v) is 4.55. The molecule has 0 spiro atoms. The number of nitrogens with zero attached hydrogens (tertiary/aromatic N) is 1. The van der Waals surface area contributed by atoms with E-state index in [1.54, 1.807) is 36.4 Å². The Morgan fingerprint density at radius 1 is 1.19 bits per heavy atom. The van der Waals surface area contributed by atoms with Gasteiger partial charge >= 0.3 is 0 Å². The molecule has 7 heteroatoms. The summed E-state index contributed by atoms with van der Waals surface area (Å²) in [5.74, 6) is 0.124. The molecule has 0 saturated carbocycles. The van der Waals surface area contributed by atoms with Crippen molar-refractivity contribution in [2.75, 3.05) is 18.3 Å². The Hall–Kier alpha value is -1.63. The second-order valence-electron chi connectivity index (χ2n) is 4.44. The minimum Gasteiger partial charge on any atom is -0.319 e. The Morgan fingerprint density at radius 3 is 2.52 bits per heavy atom. The molecule has 0 unspecified atom stereocenters. The maximum absolute atomic E-state index is 12.3. The lowest BCUT2D eigenvalue weighted by atomic mass is 10.1. The van der Waals surface area contributed by atoms with Gasteiger partial charge < -0.3 is 5.32 Å². The highest BCUT2D eigenvalue weighted by Crippen LogP contribution is 2.21. The Bertz CT molecular complexity index is 702. The van der Waals surface area contributed by atoms with Gasteiger partial charge in [0.25, 0.3) is 10.0 Å². The lowest BCUT2D eigenvalue weighted by Gasteiger charge is -2.09. The van der Waals surface area contributed by atoms with Gasteiger partial charge in [0.1, 0.15) is 0 Å². The van der Waals surface area contributed by atoms with Gasteiger partial charge in [-0.15, -0.1) is 0 Å². The van der Waals surface area contributed by atoms with Crippen molar-refractivity contribution in [3.63, 3.8) is 0 Å². The zero-order valence-corrected chi connectivity index (χ0v) is 13.1. The molecule has 2 N–H and O–H groups in total. The van der Waals surface area contributed by atoms with Crippen molar-refractivity contribution in [2.45, 2.75) is 11.3 Å². The fourth-order valence-electron chi connectivity index (χ4n) is 1.75. The van der Waals surface area contributed by atoms with Crippen LogP contribution in [0.2, 0.25) is 5.02 Å². The van der Waals surface area contributed by atoms with Crippen LogP contribution in [0.1, 0.15) is 5.56 Å². The largest absolute Gasteiger partial charge is 0.319 e. The Morgan fingerprint density at radius 2 is 1.90 bits per heavy atom. The van der Waals surface area contributed by atoms with Crippen molar-refractivity contribution >= 4 is 27.4 Å². The van der Waals surface area contributed by atoms with E-state index in [0.717, 1.165) is 18.5 Å². The van der Waals surface area contributed by atoms with Gasteiger partial charge in [-0.2, -0.15) is 0 Å². The smallest absolute Gasteiger partial charge is 0.263 e. The number of anilines is 1. The molecule has 112 valence electrons. The van der Waals surface area contributed by atoms with E-state index in [0.29, 0.717) is 0 Å². The monoisotopic (exact) mass is 325 g/mol. The summed E-state index contributed by atoms with van der Waals surface area (Å²) >= 11 is 5.90. The molecule has 0 aliphatic heterocycles. The Balaban J connectivity index is 2.18. The summed E-state index contributed by atoms with van der Waals surface area (Å²) in [4.78, 5) is 4.09. The molecule has 1 heterocycles. The minimum absolute atomic E-state index is 0.124. The molecular weight excluding hydrogens is 310 g/mol. The third-order valence-electron chi connectivity index (χ3n) is 2.89. The van der Waals surface area contributed by atoms with E-state index >= 15 is 0 Å². The molecule has 1 aromatic heterocycles. The molecule has 0 fully saturated rings. The second-order valence-corrected chi connectivity index (χ2v) is 6.53. The first kappa shape index (κ1) is 15.8. The van der Waals surface area contributed by atoms with Crippen molar-refractivity contribution in [1.29, 1.82) is 0 Å². The van der Waals surface area contributed by atoms with Crippen LogP contribution in [0.3, 0.4) is 0 Å². The fourth-order valence-corrected chi connectivity index (χ4v) is 3.01. The van der Waals surface area contributed by atoms with Crippen molar-refractivity contribution < 1.29 is 8.42 Å². The van der Waals surface area contributed by atoms with E-state index in [-0.39, 0.29) is 15.7 Å². The summed E-state index contributed by atoms with van der Waals surface area (Å²) in [5, 5.41) is 3.30. The van der Waals surface area contributed by atoms with Gasteiger partial charge in [0, 0.05) is 6.20 Å². The third kappa shape index (κ3) is 4.17. The number of hydrogen-bond acceptors (Lipinski definition) is 4. The second kappa shape index (κ2) is 6.89. The highest BCUT2D eigenvalue weighted by Gasteiger charge is 2.16. The molecule has 2 aromatic rings. The van der Waals surface area contributed by atoms with E-state index in [4.69, 9.17) is 11.6 Å². The molecule has 21 heavy (non-hydrogen) atoms. The summed E-state index contributed by atoms with van der Waals surface area (Å²) < 4.78 is 26.9. The summed E-state index contributed by atoms with van der Waals surface area (Å²) in [6.07, 6.45) is 2.32. The van der Waals surface area contributed by atoms with Crippen LogP contribution in [-0.2, 0) is 16.4 Å². The maximum atomic E-state index is 12.3. The SMILES string of the molecule is CNCCc1ccc(S(=O)(=O)Nc2ncccc2Cl)cc1. The molecule has 0 saturated heterocycles. The quantitative estimate of drug-likeness (QED) is 0.855. The van der Waals surface area contributed by atoms with Crippen LogP contribution in [0, 0.1) is 0 Å². The van der Waals surface area contributed by atoms with Crippen LogP contribution in [-0.4, -0.2) is 27.0 Å². The van der Waals surface area contributed by atoms with E-state index < -0.39 is 10.0 Å². The van der Waals surface area contributed by atoms with Gasteiger partial charge in [-0.25, -0.2) is 13.4 Å². The van der Waals surface area contributed by atoms with Gasteiger partial charge in [-0.1, -0.05) is 23.7 Å². The van der Waals surface area contributed by atoms with E-state index in [1.807, 2.05) is 7.05 Å².